The highest BCUT2D eigenvalue weighted by atomic mass is 16.6. The van der Waals surface area contributed by atoms with Gasteiger partial charge in [-0.05, 0) is 19.9 Å². The number of aliphatic imine (C=N–C) groups is 1. The first kappa shape index (κ1) is 14.0. The molecule has 0 saturated heterocycles. The number of aromatic nitrogens is 2. The molecule has 9 heteroatoms. The van der Waals surface area contributed by atoms with Crippen molar-refractivity contribution in [2.24, 2.45) is 16.5 Å². The summed E-state index contributed by atoms with van der Waals surface area (Å²) in [5.74, 6) is 0.410. The molecule has 0 radical (unpaired) electrons. The fourth-order valence-electron chi connectivity index (χ4n) is 1.94. The Morgan fingerprint density at radius 1 is 1.60 bits per heavy atom. The van der Waals surface area contributed by atoms with Gasteiger partial charge < -0.3 is 16.2 Å². The molecule has 108 valence electrons. The molecule has 20 heavy (non-hydrogen) atoms. The van der Waals surface area contributed by atoms with Gasteiger partial charge in [-0.1, -0.05) is 0 Å². The lowest BCUT2D eigenvalue weighted by molar-refractivity contribution is -0.568. The molecule has 2 atom stereocenters. The van der Waals surface area contributed by atoms with E-state index in [1.54, 1.807) is 0 Å². The smallest absolute Gasteiger partial charge is 0.316 e. The summed E-state index contributed by atoms with van der Waals surface area (Å²) in [6.45, 7) is 3.66. The van der Waals surface area contributed by atoms with Crippen LogP contribution in [-0.2, 0) is 5.54 Å². The lowest BCUT2D eigenvalue weighted by atomic mass is 9.90. The maximum absolute atomic E-state index is 11.5. The molecule has 9 nitrogen and oxygen atoms in total. The van der Waals surface area contributed by atoms with Crippen molar-refractivity contribution >= 4 is 5.84 Å². The number of nitrogens with two attached hydrogens (primary N) is 2. The number of nitrogens with zero attached hydrogens (tertiary/aromatic N) is 3. The third-order valence-corrected chi connectivity index (χ3v) is 2.89. The van der Waals surface area contributed by atoms with E-state index in [1.807, 2.05) is 13.8 Å². The standard InChI is InChI=1S/C11H16N6O3/c1-6(2)20-9-5-7(15-16-9)11(17(18)19)4-3-8(12)14-10(11)13/h3-6,10H,13H2,1-2H3,(H2,12,14)(H,15,16). The lowest BCUT2D eigenvalue weighted by Crippen LogP contribution is -2.51. The van der Waals surface area contributed by atoms with Crippen molar-refractivity contribution in [2.75, 3.05) is 0 Å². The molecule has 0 bridgehead atoms. The summed E-state index contributed by atoms with van der Waals surface area (Å²) in [4.78, 5) is 14.8. The monoisotopic (exact) mass is 280 g/mol. The minimum absolute atomic E-state index is 0.0954. The van der Waals surface area contributed by atoms with E-state index < -0.39 is 16.6 Å². The summed E-state index contributed by atoms with van der Waals surface area (Å²) in [6.07, 6.45) is 1.43. The van der Waals surface area contributed by atoms with E-state index in [-0.39, 0.29) is 23.5 Å². The van der Waals surface area contributed by atoms with Gasteiger partial charge in [0.15, 0.2) is 6.17 Å². The number of amidine groups is 1. The number of nitro groups is 1. The number of aromatic amines is 1. The van der Waals surface area contributed by atoms with Gasteiger partial charge >= 0.3 is 5.54 Å². The molecule has 0 amide bonds. The maximum Gasteiger partial charge on any atom is 0.316 e. The topological polar surface area (TPSA) is 145 Å². The van der Waals surface area contributed by atoms with Crippen LogP contribution in [0.2, 0.25) is 0 Å². The van der Waals surface area contributed by atoms with Gasteiger partial charge in [0.25, 0.3) is 0 Å². The van der Waals surface area contributed by atoms with E-state index in [2.05, 4.69) is 15.2 Å². The molecule has 0 fully saturated rings. The summed E-state index contributed by atoms with van der Waals surface area (Å²) < 4.78 is 5.38. The predicted molar refractivity (Wildman–Crippen MR) is 71.8 cm³/mol. The van der Waals surface area contributed by atoms with Crippen LogP contribution in [0, 0.1) is 10.1 Å². The molecule has 5 N–H and O–H groups in total. The molecule has 1 aromatic heterocycles. The van der Waals surface area contributed by atoms with Crippen LogP contribution in [0.15, 0.2) is 23.2 Å². The number of hydrogen-bond donors (Lipinski definition) is 3. The molecule has 2 heterocycles. The second kappa shape index (κ2) is 4.93. The Labute approximate surface area is 114 Å². The van der Waals surface area contributed by atoms with Crippen molar-refractivity contribution in [3.05, 3.63) is 34.0 Å². The summed E-state index contributed by atoms with van der Waals surface area (Å²) in [6, 6.07) is 1.45. The van der Waals surface area contributed by atoms with E-state index in [0.717, 1.165) is 0 Å². The predicted octanol–water partition coefficient (Wildman–Crippen LogP) is -0.119. The van der Waals surface area contributed by atoms with Gasteiger partial charge in [-0.25, -0.2) is 4.99 Å². The van der Waals surface area contributed by atoms with Gasteiger partial charge in [0.1, 0.15) is 11.5 Å². The van der Waals surface area contributed by atoms with Crippen LogP contribution in [-0.4, -0.2) is 33.2 Å². The van der Waals surface area contributed by atoms with Crippen molar-refractivity contribution in [1.29, 1.82) is 0 Å². The van der Waals surface area contributed by atoms with Crippen LogP contribution in [0.3, 0.4) is 0 Å². The molecular formula is C11H16N6O3. The normalized spacial score (nSPS) is 25.6. The number of nitrogens with one attached hydrogen (secondary N) is 1. The minimum Gasteiger partial charge on any atom is -0.474 e. The van der Waals surface area contributed by atoms with Crippen molar-refractivity contribution in [3.8, 4) is 5.88 Å². The molecule has 1 aromatic rings. The van der Waals surface area contributed by atoms with E-state index in [9.17, 15) is 10.1 Å². The van der Waals surface area contributed by atoms with Crippen LogP contribution in [0.4, 0.5) is 0 Å². The van der Waals surface area contributed by atoms with Crippen molar-refractivity contribution in [2.45, 2.75) is 31.7 Å². The number of hydrogen-bond acceptors (Lipinski definition) is 7. The molecule has 0 aromatic carbocycles. The van der Waals surface area contributed by atoms with Crippen molar-refractivity contribution in [3.63, 3.8) is 0 Å². The molecular weight excluding hydrogens is 264 g/mol. The summed E-state index contributed by atoms with van der Waals surface area (Å²) >= 11 is 0. The largest absolute Gasteiger partial charge is 0.474 e. The fraction of sp³-hybridized carbons (Fsp3) is 0.455. The minimum atomic E-state index is -1.73. The third kappa shape index (κ3) is 2.23. The SMILES string of the molecule is CC(C)Oc1cc(C2([N+](=O)[O-])C=CC(N)=NC2N)[nH]n1. The molecule has 0 aliphatic carbocycles. The first-order valence-corrected chi connectivity index (χ1v) is 6.01. The Bertz CT molecular complexity index is 578. The van der Waals surface area contributed by atoms with Crippen molar-refractivity contribution in [1.82, 2.24) is 10.2 Å². The Hall–Kier alpha value is -2.42. The van der Waals surface area contributed by atoms with Gasteiger partial charge in [0.05, 0.1) is 6.10 Å². The Kier molecular flexibility index (Phi) is 3.45. The zero-order chi connectivity index (χ0) is 14.9. The Balaban J connectivity index is 2.42. The van der Waals surface area contributed by atoms with Crippen LogP contribution in [0.5, 0.6) is 5.88 Å². The average molecular weight is 280 g/mol. The quantitative estimate of drug-likeness (QED) is 0.517. The van der Waals surface area contributed by atoms with E-state index in [1.165, 1.54) is 18.2 Å². The van der Waals surface area contributed by atoms with Gasteiger partial charge in [-0.3, -0.25) is 15.2 Å². The number of H-pyrrole nitrogens is 1. The van der Waals surface area contributed by atoms with Gasteiger partial charge in [0, 0.05) is 17.1 Å². The number of rotatable bonds is 4. The highest BCUT2D eigenvalue weighted by Crippen LogP contribution is 2.32. The Morgan fingerprint density at radius 2 is 2.30 bits per heavy atom. The summed E-state index contributed by atoms with van der Waals surface area (Å²) in [7, 11) is 0. The molecule has 2 unspecified atom stereocenters. The number of dihydropyridines is 1. The van der Waals surface area contributed by atoms with Gasteiger partial charge in [-0.2, -0.15) is 0 Å². The lowest BCUT2D eigenvalue weighted by Gasteiger charge is -2.26. The highest BCUT2D eigenvalue weighted by molar-refractivity contribution is 5.92. The zero-order valence-corrected chi connectivity index (χ0v) is 11.1. The van der Waals surface area contributed by atoms with Crippen molar-refractivity contribution < 1.29 is 9.66 Å². The molecule has 1 aliphatic heterocycles. The molecule has 2 rings (SSSR count). The van der Waals surface area contributed by atoms with Crippen LogP contribution in [0.1, 0.15) is 19.5 Å². The van der Waals surface area contributed by atoms with Crippen LogP contribution in [0.25, 0.3) is 0 Å². The van der Waals surface area contributed by atoms with E-state index >= 15 is 0 Å². The molecule has 1 aliphatic rings. The summed E-state index contributed by atoms with van der Waals surface area (Å²) in [5, 5.41) is 18.0. The molecule has 0 spiro atoms. The maximum atomic E-state index is 11.5. The average Bonchev–Trinajstić information content (AvgIpc) is 2.76. The fourth-order valence-corrected chi connectivity index (χ4v) is 1.94. The van der Waals surface area contributed by atoms with Gasteiger partial charge in [0.2, 0.25) is 5.88 Å². The first-order chi connectivity index (χ1) is 9.36. The van der Waals surface area contributed by atoms with Crippen LogP contribution >= 0.6 is 0 Å². The third-order valence-electron chi connectivity index (χ3n) is 2.89. The zero-order valence-electron chi connectivity index (χ0n) is 11.1. The number of ether oxygens (including phenoxy) is 1. The highest BCUT2D eigenvalue weighted by Gasteiger charge is 2.52. The second-order valence-corrected chi connectivity index (χ2v) is 4.70. The second-order valence-electron chi connectivity index (χ2n) is 4.70. The van der Waals surface area contributed by atoms with Crippen LogP contribution < -0.4 is 16.2 Å². The first-order valence-electron chi connectivity index (χ1n) is 6.01. The summed E-state index contributed by atoms with van der Waals surface area (Å²) in [5.41, 5.74) is 9.77. The van der Waals surface area contributed by atoms with E-state index in [0.29, 0.717) is 0 Å². The Morgan fingerprint density at radius 3 is 2.85 bits per heavy atom. The van der Waals surface area contributed by atoms with E-state index in [4.69, 9.17) is 16.2 Å². The van der Waals surface area contributed by atoms with Gasteiger partial charge in [-0.15, -0.1) is 5.10 Å². The molecule has 0 saturated carbocycles.